The largest absolute Gasteiger partial charge is 0.378 e. The minimum Gasteiger partial charge on any atom is -0.378 e. The first-order chi connectivity index (χ1) is 10.1. The van der Waals surface area contributed by atoms with Crippen LogP contribution in [0.4, 0.5) is 5.69 Å². The molecule has 0 saturated carbocycles. The van der Waals surface area contributed by atoms with Crippen LogP contribution in [0.2, 0.25) is 0 Å². The summed E-state index contributed by atoms with van der Waals surface area (Å²) >= 11 is 0. The maximum atomic E-state index is 11.7. The second-order valence-corrected chi connectivity index (χ2v) is 4.90. The van der Waals surface area contributed by atoms with Crippen LogP contribution in [0.15, 0.2) is 47.4 Å². The number of hydrogen-bond donors (Lipinski definition) is 0. The average Bonchev–Trinajstić information content (AvgIpc) is 2.48. The van der Waals surface area contributed by atoms with Crippen molar-refractivity contribution in [1.29, 1.82) is 5.26 Å². The Balaban J connectivity index is 2.16. The predicted octanol–water partition coefficient (Wildman–Crippen LogP) is 2.61. The van der Waals surface area contributed by atoms with Crippen molar-refractivity contribution in [3.05, 3.63) is 64.1 Å². The molecule has 1 aromatic heterocycles. The smallest absolute Gasteiger partial charge is 0.252 e. The van der Waals surface area contributed by atoms with Crippen LogP contribution in [0.25, 0.3) is 12.2 Å². The first kappa shape index (κ1) is 14.6. The molecule has 0 fully saturated rings. The van der Waals surface area contributed by atoms with E-state index in [-0.39, 0.29) is 12.1 Å². The van der Waals surface area contributed by atoms with Gasteiger partial charge < -0.3 is 9.47 Å². The van der Waals surface area contributed by atoms with Gasteiger partial charge in [0, 0.05) is 32.0 Å². The number of benzene rings is 1. The predicted molar refractivity (Wildman–Crippen MR) is 86.0 cm³/mol. The number of pyridine rings is 1. The monoisotopic (exact) mass is 279 g/mol. The number of nitriles is 1. The SMILES string of the molecule is CN(C)c1ccc(/C=C/c2ccn(CC#N)c(=O)c2)cc1. The highest BCUT2D eigenvalue weighted by molar-refractivity contribution is 5.70. The number of nitrogens with zero attached hydrogens (tertiary/aromatic N) is 3. The van der Waals surface area contributed by atoms with E-state index in [2.05, 4.69) is 0 Å². The molecule has 2 aromatic rings. The highest BCUT2D eigenvalue weighted by atomic mass is 16.1. The molecule has 0 aliphatic carbocycles. The van der Waals surface area contributed by atoms with E-state index >= 15 is 0 Å². The van der Waals surface area contributed by atoms with Crippen molar-refractivity contribution in [3.63, 3.8) is 0 Å². The van der Waals surface area contributed by atoms with Gasteiger partial charge in [0.05, 0.1) is 6.07 Å². The van der Waals surface area contributed by atoms with E-state index in [1.54, 1.807) is 6.20 Å². The van der Waals surface area contributed by atoms with Crippen LogP contribution in [-0.2, 0) is 6.54 Å². The summed E-state index contributed by atoms with van der Waals surface area (Å²) in [7, 11) is 4.00. The molecule has 0 aliphatic heterocycles. The molecule has 0 aliphatic rings. The van der Waals surface area contributed by atoms with E-state index in [4.69, 9.17) is 5.26 Å². The van der Waals surface area contributed by atoms with Gasteiger partial charge in [-0.1, -0.05) is 24.3 Å². The molecule has 0 atom stereocenters. The van der Waals surface area contributed by atoms with E-state index in [1.807, 2.05) is 67.5 Å². The van der Waals surface area contributed by atoms with E-state index in [0.29, 0.717) is 0 Å². The maximum Gasteiger partial charge on any atom is 0.252 e. The van der Waals surface area contributed by atoms with Gasteiger partial charge in [0.1, 0.15) is 6.54 Å². The van der Waals surface area contributed by atoms with Crippen molar-refractivity contribution in [3.8, 4) is 6.07 Å². The van der Waals surface area contributed by atoms with Gasteiger partial charge >= 0.3 is 0 Å². The maximum absolute atomic E-state index is 11.7. The Labute approximate surface area is 124 Å². The van der Waals surface area contributed by atoms with Gasteiger partial charge in [0.15, 0.2) is 0 Å². The van der Waals surface area contributed by atoms with E-state index in [1.165, 1.54) is 10.6 Å². The van der Waals surface area contributed by atoms with E-state index in [9.17, 15) is 4.79 Å². The molecule has 1 heterocycles. The molecular weight excluding hydrogens is 262 g/mol. The van der Waals surface area contributed by atoms with Gasteiger partial charge in [-0.05, 0) is 29.3 Å². The topological polar surface area (TPSA) is 49.0 Å². The fourth-order valence-corrected chi connectivity index (χ4v) is 1.91. The summed E-state index contributed by atoms with van der Waals surface area (Å²) in [6.45, 7) is 0.0782. The molecule has 1 aromatic carbocycles. The number of rotatable bonds is 4. The zero-order valence-corrected chi connectivity index (χ0v) is 12.2. The van der Waals surface area contributed by atoms with Crippen LogP contribution in [0.3, 0.4) is 0 Å². The van der Waals surface area contributed by atoms with Crippen molar-refractivity contribution >= 4 is 17.8 Å². The molecule has 4 heteroatoms. The lowest BCUT2D eigenvalue weighted by molar-refractivity contribution is 0.787. The van der Waals surface area contributed by atoms with E-state index in [0.717, 1.165) is 16.8 Å². The van der Waals surface area contributed by atoms with Crippen LogP contribution < -0.4 is 10.5 Å². The summed E-state index contributed by atoms with van der Waals surface area (Å²) in [6, 6.07) is 13.5. The summed E-state index contributed by atoms with van der Waals surface area (Å²) < 4.78 is 1.38. The Morgan fingerprint density at radius 3 is 2.38 bits per heavy atom. The third kappa shape index (κ3) is 3.83. The molecule has 0 spiro atoms. The standard InChI is InChI=1S/C17H17N3O/c1-19(2)16-7-5-14(6-8-16)3-4-15-9-11-20(12-10-18)17(21)13-15/h3-9,11,13H,12H2,1-2H3/b4-3+. The molecule has 0 unspecified atom stereocenters. The third-order valence-corrected chi connectivity index (χ3v) is 3.14. The van der Waals surface area contributed by atoms with Crippen molar-refractivity contribution in [2.24, 2.45) is 0 Å². The number of aromatic nitrogens is 1. The molecular formula is C17H17N3O. The molecule has 4 nitrogen and oxygen atoms in total. The fraction of sp³-hybridized carbons (Fsp3) is 0.176. The lowest BCUT2D eigenvalue weighted by atomic mass is 10.1. The van der Waals surface area contributed by atoms with Crippen molar-refractivity contribution in [2.75, 3.05) is 19.0 Å². The third-order valence-electron chi connectivity index (χ3n) is 3.14. The number of anilines is 1. The average molecular weight is 279 g/mol. The minimum absolute atomic E-state index is 0.0782. The molecule has 21 heavy (non-hydrogen) atoms. The Hall–Kier alpha value is -2.80. The summed E-state index contributed by atoms with van der Waals surface area (Å²) in [5.74, 6) is 0. The zero-order chi connectivity index (χ0) is 15.2. The Kier molecular flexibility index (Phi) is 4.57. The summed E-state index contributed by atoms with van der Waals surface area (Å²) in [6.07, 6.45) is 5.49. The first-order valence-electron chi connectivity index (χ1n) is 6.63. The molecule has 0 N–H and O–H groups in total. The zero-order valence-electron chi connectivity index (χ0n) is 12.2. The van der Waals surface area contributed by atoms with Crippen LogP contribution >= 0.6 is 0 Å². The lowest BCUT2D eigenvalue weighted by Gasteiger charge is -2.11. The van der Waals surface area contributed by atoms with Crippen LogP contribution in [0.1, 0.15) is 11.1 Å². The second-order valence-electron chi connectivity index (χ2n) is 4.90. The highest BCUT2D eigenvalue weighted by Crippen LogP contribution is 2.14. The molecule has 0 amide bonds. The van der Waals surface area contributed by atoms with Gasteiger partial charge in [0.25, 0.3) is 5.56 Å². The second kappa shape index (κ2) is 6.58. The number of hydrogen-bond acceptors (Lipinski definition) is 3. The fourth-order valence-electron chi connectivity index (χ4n) is 1.91. The summed E-state index contributed by atoms with van der Waals surface area (Å²) in [5, 5.41) is 8.60. The van der Waals surface area contributed by atoms with Crippen LogP contribution in [0.5, 0.6) is 0 Å². The van der Waals surface area contributed by atoms with Crippen molar-refractivity contribution < 1.29 is 0 Å². The Morgan fingerprint density at radius 1 is 1.14 bits per heavy atom. The minimum atomic E-state index is -0.165. The van der Waals surface area contributed by atoms with Crippen LogP contribution in [-0.4, -0.2) is 18.7 Å². The van der Waals surface area contributed by atoms with Crippen LogP contribution in [0, 0.1) is 11.3 Å². The van der Waals surface area contributed by atoms with Gasteiger partial charge in [-0.25, -0.2) is 0 Å². The van der Waals surface area contributed by atoms with Crippen molar-refractivity contribution in [1.82, 2.24) is 4.57 Å². The normalized spacial score (nSPS) is 10.5. The van der Waals surface area contributed by atoms with Gasteiger partial charge in [-0.2, -0.15) is 5.26 Å². The highest BCUT2D eigenvalue weighted by Gasteiger charge is 1.96. The molecule has 106 valence electrons. The summed E-state index contributed by atoms with van der Waals surface area (Å²) in [5.41, 5.74) is 2.88. The quantitative estimate of drug-likeness (QED) is 0.864. The van der Waals surface area contributed by atoms with Gasteiger partial charge in [-0.15, -0.1) is 0 Å². The van der Waals surface area contributed by atoms with Gasteiger partial charge in [0.2, 0.25) is 0 Å². The van der Waals surface area contributed by atoms with Crippen molar-refractivity contribution in [2.45, 2.75) is 6.54 Å². The van der Waals surface area contributed by atoms with E-state index < -0.39 is 0 Å². The lowest BCUT2D eigenvalue weighted by Crippen LogP contribution is -2.17. The Bertz CT molecular complexity index is 734. The molecule has 0 radical (unpaired) electrons. The Morgan fingerprint density at radius 2 is 1.81 bits per heavy atom. The molecule has 2 rings (SSSR count). The molecule has 0 bridgehead atoms. The summed E-state index contributed by atoms with van der Waals surface area (Å²) in [4.78, 5) is 13.8. The van der Waals surface area contributed by atoms with Gasteiger partial charge in [-0.3, -0.25) is 4.79 Å². The first-order valence-corrected chi connectivity index (χ1v) is 6.63. The molecule has 0 saturated heterocycles.